The van der Waals surface area contributed by atoms with Gasteiger partial charge in [-0.1, -0.05) is 30.7 Å². The van der Waals surface area contributed by atoms with Gasteiger partial charge in [-0.2, -0.15) is 0 Å². The second-order valence-corrected chi connectivity index (χ2v) is 7.47. The molecule has 30 heavy (non-hydrogen) atoms. The molecule has 0 aliphatic carbocycles. The number of carbonyl (C=O) groups is 2. The molecule has 2 amide bonds. The molecule has 2 N–H and O–H groups in total. The van der Waals surface area contributed by atoms with Gasteiger partial charge in [0.15, 0.2) is 0 Å². The predicted molar refractivity (Wildman–Crippen MR) is 116 cm³/mol. The molecule has 3 aromatic rings. The van der Waals surface area contributed by atoms with Crippen molar-refractivity contribution < 1.29 is 9.59 Å². The Kier molecular flexibility index (Phi) is 6.84. The second kappa shape index (κ2) is 9.54. The Labute approximate surface area is 180 Å². The molecule has 0 aliphatic heterocycles. The molecule has 1 unspecified atom stereocenters. The summed E-state index contributed by atoms with van der Waals surface area (Å²) < 4.78 is 1.59. The van der Waals surface area contributed by atoms with Gasteiger partial charge in [0.25, 0.3) is 11.8 Å². The van der Waals surface area contributed by atoms with E-state index < -0.39 is 0 Å². The molecule has 156 valence electrons. The van der Waals surface area contributed by atoms with E-state index in [0.717, 1.165) is 17.7 Å². The first-order valence-electron chi connectivity index (χ1n) is 9.75. The third-order valence-corrected chi connectivity index (χ3v) is 4.93. The number of nitrogens with one attached hydrogen (secondary N) is 2. The largest absolute Gasteiger partial charge is 0.350 e. The minimum absolute atomic E-state index is 0.0770. The zero-order valence-corrected chi connectivity index (χ0v) is 17.9. The van der Waals surface area contributed by atoms with Crippen molar-refractivity contribution in [3.05, 3.63) is 76.3 Å². The fraction of sp³-hybridized carbons (Fsp3) is 0.273. The molecule has 0 aliphatic rings. The Balaban J connectivity index is 1.66. The zero-order valence-electron chi connectivity index (χ0n) is 17.1. The molecule has 2 aromatic carbocycles. The molecule has 0 spiro atoms. The number of aromatic nitrogens is 3. The Morgan fingerprint density at radius 2 is 1.87 bits per heavy atom. The highest BCUT2D eigenvalue weighted by Gasteiger charge is 2.15. The van der Waals surface area contributed by atoms with E-state index in [4.69, 9.17) is 11.6 Å². The predicted octanol–water partition coefficient (Wildman–Crippen LogP) is 3.69. The minimum Gasteiger partial charge on any atom is -0.350 e. The second-order valence-electron chi connectivity index (χ2n) is 7.04. The van der Waals surface area contributed by atoms with Crippen LogP contribution in [0.1, 0.15) is 52.6 Å². The highest BCUT2D eigenvalue weighted by molar-refractivity contribution is 6.30. The summed E-state index contributed by atoms with van der Waals surface area (Å²) >= 11 is 5.92. The molecule has 1 heterocycles. The fourth-order valence-electron chi connectivity index (χ4n) is 2.81. The Hall–Kier alpha value is -3.19. The van der Waals surface area contributed by atoms with Gasteiger partial charge < -0.3 is 10.6 Å². The lowest BCUT2D eigenvalue weighted by atomic mass is 10.1. The van der Waals surface area contributed by atoms with Gasteiger partial charge in [0.1, 0.15) is 5.82 Å². The molecule has 3 rings (SSSR count). The minimum atomic E-state index is -0.389. The van der Waals surface area contributed by atoms with E-state index in [1.165, 1.54) is 0 Å². The van der Waals surface area contributed by atoms with Gasteiger partial charge in [-0.3, -0.25) is 9.59 Å². The molecule has 1 atom stereocenters. The third-order valence-electron chi connectivity index (χ3n) is 4.68. The average molecular weight is 426 g/mol. The van der Waals surface area contributed by atoms with Gasteiger partial charge >= 0.3 is 0 Å². The summed E-state index contributed by atoms with van der Waals surface area (Å²) in [5, 5.41) is 10.7. The Morgan fingerprint density at radius 3 is 2.57 bits per heavy atom. The van der Waals surface area contributed by atoms with Crippen molar-refractivity contribution in [1.82, 2.24) is 25.4 Å². The van der Waals surface area contributed by atoms with Crippen LogP contribution in [-0.2, 0) is 6.54 Å². The molecule has 0 fully saturated rings. The molecule has 7 nitrogen and oxygen atoms in total. The van der Waals surface area contributed by atoms with Crippen molar-refractivity contribution >= 4 is 23.4 Å². The monoisotopic (exact) mass is 425 g/mol. The van der Waals surface area contributed by atoms with Crippen molar-refractivity contribution in [2.75, 3.05) is 0 Å². The maximum absolute atomic E-state index is 12.5. The van der Waals surface area contributed by atoms with E-state index >= 15 is 0 Å². The van der Waals surface area contributed by atoms with Gasteiger partial charge in [0.2, 0.25) is 5.82 Å². The standard InChI is InChI=1S/C22H24ClN5O2/c1-4-14(2)25-21(29)17-7-5-6-16(12-17)13-24-22(30)20-26-15(3)28(27-20)19-10-8-18(23)9-11-19/h5-12,14H,4,13H2,1-3H3,(H,24,30)(H,25,29). The highest BCUT2D eigenvalue weighted by Crippen LogP contribution is 2.14. The number of carbonyl (C=O) groups excluding carboxylic acids is 2. The van der Waals surface area contributed by atoms with Gasteiger partial charge in [0.05, 0.1) is 5.69 Å². The molecule has 0 saturated carbocycles. The van der Waals surface area contributed by atoms with E-state index in [9.17, 15) is 9.59 Å². The smallest absolute Gasteiger partial charge is 0.291 e. The topological polar surface area (TPSA) is 88.9 Å². The van der Waals surface area contributed by atoms with Gasteiger partial charge in [-0.05, 0) is 62.2 Å². The summed E-state index contributed by atoms with van der Waals surface area (Å²) in [6.45, 7) is 6.01. The maximum Gasteiger partial charge on any atom is 0.291 e. The summed E-state index contributed by atoms with van der Waals surface area (Å²) in [6.07, 6.45) is 0.858. The van der Waals surface area contributed by atoms with Crippen molar-refractivity contribution in [3.63, 3.8) is 0 Å². The lowest BCUT2D eigenvalue weighted by Crippen LogP contribution is -2.32. The van der Waals surface area contributed by atoms with Crippen LogP contribution in [0.15, 0.2) is 48.5 Å². The molecule has 1 aromatic heterocycles. The molecule has 0 saturated heterocycles. The summed E-state index contributed by atoms with van der Waals surface area (Å²) in [6, 6.07) is 14.4. The van der Waals surface area contributed by atoms with Crippen molar-refractivity contribution in [2.24, 2.45) is 0 Å². The first-order valence-corrected chi connectivity index (χ1v) is 10.1. The summed E-state index contributed by atoms with van der Waals surface area (Å²) in [5.74, 6) is 0.149. The van der Waals surface area contributed by atoms with Gasteiger partial charge in [-0.25, -0.2) is 9.67 Å². The van der Waals surface area contributed by atoms with Crippen LogP contribution < -0.4 is 10.6 Å². The maximum atomic E-state index is 12.5. The molecule has 0 bridgehead atoms. The van der Waals surface area contributed by atoms with Crippen LogP contribution in [-0.4, -0.2) is 32.6 Å². The van der Waals surface area contributed by atoms with E-state index in [2.05, 4.69) is 20.7 Å². The van der Waals surface area contributed by atoms with Crippen LogP contribution in [0.3, 0.4) is 0 Å². The van der Waals surface area contributed by atoms with Gasteiger partial charge in [-0.15, -0.1) is 5.10 Å². The number of hydrogen-bond acceptors (Lipinski definition) is 4. The number of amides is 2. The molecular formula is C22H24ClN5O2. The van der Waals surface area contributed by atoms with E-state index in [-0.39, 0.29) is 30.2 Å². The van der Waals surface area contributed by atoms with E-state index in [1.807, 2.05) is 32.0 Å². The lowest BCUT2D eigenvalue weighted by Gasteiger charge is -2.12. The van der Waals surface area contributed by atoms with Crippen LogP contribution in [0.4, 0.5) is 0 Å². The van der Waals surface area contributed by atoms with Crippen molar-refractivity contribution in [3.8, 4) is 5.69 Å². The summed E-state index contributed by atoms with van der Waals surface area (Å²) in [4.78, 5) is 29.1. The number of hydrogen-bond donors (Lipinski definition) is 2. The van der Waals surface area contributed by atoms with E-state index in [1.54, 1.807) is 41.9 Å². The Morgan fingerprint density at radius 1 is 1.13 bits per heavy atom. The first-order chi connectivity index (χ1) is 14.4. The molecular weight excluding hydrogens is 402 g/mol. The summed E-state index contributed by atoms with van der Waals surface area (Å²) in [5.41, 5.74) is 2.14. The zero-order chi connectivity index (χ0) is 21.7. The number of aryl methyl sites for hydroxylation is 1. The number of nitrogens with zero attached hydrogens (tertiary/aromatic N) is 3. The highest BCUT2D eigenvalue weighted by atomic mass is 35.5. The number of halogens is 1. The van der Waals surface area contributed by atoms with Crippen molar-refractivity contribution in [1.29, 1.82) is 0 Å². The quantitative estimate of drug-likeness (QED) is 0.604. The SMILES string of the molecule is CCC(C)NC(=O)c1cccc(CNC(=O)c2nc(C)n(-c3ccc(Cl)cc3)n2)c1. The number of benzene rings is 2. The van der Waals surface area contributed by atoms with Crippen LogP contribution in [0.25, 0.3) is 5.69 Å². The van der Waals surface area contributed by atoms with Gasteiger partial charge in [0, 0.05) is 23.2 Å². The van der Waals surface area contributed by atoms with Crippen LogP contribution in [0.2, 0.25) is 5.02 Å². The Bertz CT molecular complexity index is 1050. The summed E-state index contributed by atoms with van der Waals surface area (Å²) in [7, 11) is 0. The third kappa shape index (κ3) is 5.24. The van der Waals surface area contributed by atoms with Crippen molar-refractivity contribution in [2.45, 2.75) is 39.8 Å². The molecule has 0 radical (unpaired) electrons. The fourth-order valence-corrected chi connectivity index (χ4v) is 2.93. The van der Waals surface area contributed by atoms with Crippen LogP contribution >= 0.6 is 11.6 Å². The van der Waals surface area contributed by atoms with Crippen LogP contribution in [0.5, 0.6) is 0 Å². The first kappa shape index (κ1) is 21.5. The lowest BCUT2D eigenvalue weighted by molar-refractivity contribution is 0.0934. The van der Waals surface area contributed by atoms with Crippen LogP contribution in [0, 0.1) is 6.92 Å². The van der Waals surface area contributed by atoms with E-state index in [0.29, 0.717) is 16.4 Å². The number of rotatable bonds is 7. The normalized spacial score (nSPS) is 11.7. The molecule has 8 heteroatoms. The average Bonchev–Trinajstić information content (AvgIpc) is 3.14.